The molecule has 2 aliphatic heterocycles. The van der Waals surface area contributed by atoms with E-state index in [-0.39, 0.29) is 36.8 Å². The van der Waals surface area contributed by atoms with Gasteiger partial charge in [-0.15, -0.1) is 0 Å². The minimum absolute atomic E-state index is 0.0370. The zero-order valence-corrected chi connectivity index (χ0v) is 11.6. The van der Waals surface area contributed by atoms with Crippen LogP contribution in [-0.4, -0.2) is 36.0 Å². The molecule has 0 spiro atoms. The highest BCUT2D eigenvalue weighted by Gasteiger charge is 2.33. The highest BCUT2D eigenvalue weighted by atomic mass is 16.6. The highest BCUT2D eigenvalue weighted by molar-refractivity contribution is 5.74. The van der Waals surface area contributed by atoms with Gasteiger partial charge in [0.1, 0.15) is 6.10 Å². The average Bonchev–Trinajstić information content (AvgIpc) is 2.88. The van der Waals surface area contributed by atoms with E-state index in [1.807, 2.05) is 6.92 Å². The lowest BCUT2D eigenvalue weighted by Gasteiger charge is -2.15. The summed E-state index contributed by atoms with van der Waals surface area (Å²) in [5, 5.41) is 8.83. The fourth-order valence-corrected chi connectivity index (χ4v) is 2.89. The normalized spacial score (nSPS) is 34.8. The third-order valence-corrected chi connectivity index (χ3v) is 4.04. The number of carbonyl (C=O) groups is 1. The molecule has 4 atom stereocenters. The maximum Gasteiger partial charge on any atom is 0.309 e. The zero-order valence-electron chi connectivity index (χ0n) is 11.6. The van der Waals surface area contributed by atoms with Crippen LogP contribution in [-0.2, 0) is 14.3 Å². The number of aliphatic hydroxyl groups is 1. The van der Waals surface area contributed by atoms with Gasteiger partial charge in [0.05, 0.1) is 18.1 Å². The van der Waals surface area contributed by atoms with E-state index in [0.29, 0.717) is 0 Å². The Labute approximate surface area is 114 Å². The van der Waals surface area contributed by atoms with Crippen molar-refractivity contribution in [2.24, 2.45) is 5.92 Å². The lowest BCUT2D eigenvalue weighted by molar-refractivity contribution is -0.144. The topological polar surface area (TPSA) is 55.8 Å². The molecule has 1 unspecified atom stereocenters. The molecule has 2 heterocycles. The molecule has 4 nitrogen and oxygen atoms in total. The Morgan fingerprint density at radius 3 is 2.74 bits per heavy atom. The van der Waals surface area contributed by atoms with Crippen LogP contribution in [0.4, 0.5) is 0 Å². The van der Waals surface area contributed by atoms with Gasteiger partial charge in [0.2, 0.25) is 0 Å². The summed E-state index contributed by atoms with van der Waals surface area (Å²) < 4.78 is 11.2. The second kappa shape index (κ2) is 6.53. The van der Waals surface area contributed by atoms with Gasteiger partial charge in [-0.2, -0.15) is 0 Å². The van der Waals surface area contributed by atoms with Gasteiger partial charge in [0.25, 0.3) is 0 Å². The molecule has 0 radical (unpaired) electrons. The first-order valence-corrected chi connectivity index (χ1v) is 7.24. The molecular formula is C15H24O4. The zero-order chi connectivity index (χ0) is 13.8. The Bertz CT molecular complexity index is 339. The van der Waals surface area contributed by atoms with Crippen molar-refractivity contribution in [1.82, 2.24) is 0 Å². The summed E-state index contributed by atoms with van der Waals surface area (Å²) in [5.41, 5.74) is 1.14. The Kier molecular flexibility index (Phi) is 4.99. The molecule has 0 aromatic heterocycles. The molecule has 2 saturated heterocycles. The fraction of sp³-hybridized carbons (Fsp3) is 0.800. The van der Waals surface area contributed by atoms with Crippen LogP contribution in [0.15, 0.2) is 12.2 Å². The van der Waals surface area contributed by atoms with Crippen molar-refractivity contribution in [2.45, 2.75) is 63.8 Å². The van der Waals surface area contributed by atoms with E-state index in [0.717, 1.165) is 44.1 Å². The standard InChI is InChI=1S/C15H24O4/c1-10-8-12(4-3-7-16)18-14(10)6-5-13-9-11(2)15(17)19-13/h11-14,16H,1,3-9H2,2H3/t11-,12?,13-,14+/m1/s1. The third-order valence-electron chi connectivity index (χ3n) is 4.04. The minimum Gasteiger partial charge on any atom is -0.462 e. The molecule has 0 aromatic rings. The summed E-state index contributed by atoms with van der Waals surface area (Å²) in [6.45, 7) is 6.20. The van der Waals surface area contributed by atoms with Crippen LogP contribution >= 0.6 is 0 Å². The molecule has 0 amide bonds. The maximum atomic E-state index is 11.3. The summed E-state index contributed by atoms with van der Waals surface area (Å²) in [6, 6.07) is 0. The molecule has 0 saturated carbocycles. The average molecular weight is 268 g/mol. The number of ether oxygens (including phenoxy) is 2. The van der Waals surface area contributed by atoms with Crippen molar-refractivity contribution in [2.75, 3.05) is 6.61 Å². The Hall–Kier alpha value is -0.870. The second-order valence-electron chi connectivity index (χ2n) is 5.75. The Balaban J connectivity index is 1.71. The minimum atomic E-state index is -0.0722. The predicted molar refractivity (Wildman–Crippen MR) is 71.6 cm³/mol. The largest absolute Gasteiger partial charge is 0.462 e. The number of aliphatic hydroxyl groups excluding tert-OH is 1. The highest BCUT2D eigenvalue weighted by Crippen LogP contribution is 2.32. The summed E-state index contributed by atoms with van der Waals surface area (Å²) in [5.74, 6) is -0.0352. The molecule has 0 aromatic carbocycles. The monoisotopic (exact) mass is 268 g/mol. The van der Waals surface area contributed by atoms with E-state index in [9.17, 15) is 4.79 Å². The van der Waals surface area contributed by atoms with Crippen molar-refractivity contribution in [3.63, 3.8) is 0 Å². The van der Waals surface area contributed by atoms with Gasteiger partial charge in [-0.25, -0.2) is 0 Å². The maximum absolute atomic E-state index is 11.3. The van der Waals surface area contributed by atoms with E-state index in [4.69, 9.17) is 14.6 Å². The van der Waals surface area contributed by atoms with Crippen LogP contribution in [0.1, 0.15) is 45.4 Å². The molecule has 4 heteroatoms. The molecular weight excluding hydrogens is 244 g/mol. The number of carbonyl (C=O) groups excluding carboxylic acids is 1. The SMILES string of the molecule is C=C1CC(CCCO)O[C@H]1CC[C@@H]1C[C@@H](C)C(=O)O1. The Morgan fingerprint density at radius 1 is 1.32 bits per heavy atom. The van der Waals surface area contributed by atoms with Gasteiger partial charge in [0, 0.05) is 6.61 Å². The quantitative estimate of drug-likeness (QED) is 0.592. The summed E-state index contributed by atoms with van der Waals surface area (Å²) >= 11 is 0. The van der Waals surface area contributed by atoms with E-state index in [1.54, 1.807) is 0 Å². The third kappa shape index (κ3) is 3.80. The van der Waals surface area contributed by atoms with Crippen LogP contribution in [0, 0.1) is 5.92 Å². The van der Waals surface area contributed by atoms with Crippen LogP contribution in [0.2, 0.25) is 0 Å². The van der Waals surface area contributed by atoms with Gasteiger partial charge in [0.15, 0.2) is 0 Å². The number of rotatable bonds is 6. The molecule has 1 N–H and O–H groups in total. The molecule has 19 heavy (non-hydrogen) atoms. The van der Waals surface area contributed by atoms with Crippen molar-refractivity contribution in [3.05, 3.63) is 12.2 Å². The van der Waals surface area contributed by atoms with Crippen molar-refractivity contribution in [1.29, 1.82) is 0 Å². The van der Waals surface area contributed by atoms with Gasteiger partial charge < -0.3 is 14.6 Å². The number of hydrogen-bond acceptors (Lipinski definition) is 4. The first kappa shape index (κ1) is 14.5. The predicted octanol–water partition coefficient (Wildman–Crippen LogP) is 2.20. The van der Waals surface area contributed by atoms with Crippen LogP contribution in [0.5, 0.6) is 0 Å². The molecule has 2 rings (SSSR count). The van der Waals surface area contributed by atoms with E-state index >= 15 is 0 Å². The molecule has 2 fully saturated rings. The lowest BCUT2D eigenvalue weighted by atomic mass is 9.99. The van der Waals surface area contributed by atoms with Crippen LogP contribution in [0.25, 0.3) is 0 Å². The van der Waals surface area contributed by atoms with Crippen molar-refractivity contribution in [3.8, 4) is 0 Å². The second-order valence-corrected chi connectivity index (χ2v) is 5.75. The van der Waals surface area contributed by atoms with Gasteiger partial charge in [-0.1, -0.05) is 13.5 Å². The van der Waals surface area contributed by atoms with Crippen LogP contribution < -0.4 is 0 Å². The van der Waals surface area contributed by atoms with Gasteiger partial charge >= 0.3 is 5.97 Å². The molecule has 108 valence electrons. The van der Waals surface area contributed by atoms with Gasteiger partial charge in [-0.05, 0) is 44.1 Å². The van der Waals surface area contributed by atoms with Crippen molar-refractivity contribution >= 4 is 5.97 Å². The summed E-state index contributed by atoms with van der Waals surface area (Å²) in [7, 11) is 0. The molecule has 0 aliphatic carbocycles. The van der Waals surface area contributed by atoms with Gasteiger partial charge in [-0.3, -0.25) is 4.79 Å². The Morgan fingerprint density at radius 2 is 2.11 bits per heavy atom. The van der Waals surface area contributed by atoms with E-state index < -0.39 is 0 Å². The van der Waals surface area contributed by atoms with E-state index in [2.05, 4.69) is 6.58 Å². The molecule has 0 bridgehead atoms. The fourth-order valence-electron chi connectivity index (χ4n) is 2.89. The first-order chi connectivity index (χ1) is 9.10. The van der Waals surface area contributed by atoms with Crippen molar-refractivity contribution < 1.29 is 19.4 Å². The van der Waals surface area contributed by atoms with E-state index in [1.165, 1.54) is 0 Å². The first-order valence-electron chi connectivity index (χ1n) is 7.24. The lowest BCUT2D eigenvalue weighted by Crippen LogP contribution is -2.15. The number of cyclic esters (lactones) is 1. The summed E-state index contributed by atoms with van der Waals surface area (Å²) in [6.07, 6.45) is 5.47. The van der Waals surface area contributed by atoms with Crippen LogP contribution in [0.3, 0.4) is 0 Å². The number of hydrogen-bond donors (Lipinski definition) is 1. The smallest absolute Gasteiger partial charge is 0.309 e. The number of esters is 1. The summed E-state index contributed by atoms with van der Waals surface area (Å²) in [4.78, 5) is 11.3. The molecule has 2 aliphatic rings.